The average Bonchev–Trinajstić information content (AvgIpc) is 3.62. The number of nitrogens with zero attached hydrogens (tertiary/aromatic N) is 2. The SMILES string of the molecule is c1ccc2c(c1)-c1cc(-c3ccc4c(c3)-c3ccccc3-c3cccc5c6ccccc6n-4c35)ccc1-n1c3ccccc3c3cccc-2c31. The van der Waals surface area contributed by atoms with E-state index in [1.54, 1.807) is 0 Å². The van der Waals surface area contributed by atoms with Gasteiger partial charge in [0.1, 0.15) is 0 Å². The third-order valence-corrected chi connectivity index (χ3v) is 11.2. The van der Waals surface area contributed by atoms with Crippen molar-refractivity contribution < 1.29 is 0 Å². The maximum absolute atomic E-state index is 2.49. The summed E-state index contributed by atoms with van der Waals surface area (Å²) in [6.07, 6.45) is 0. The fourth-order valence-corrected chi connectivity index (χ4v) is 9.13. The predicted molar refractivity (Wildman–Crippen MR) is 209 cm³/mol. The first-order chi connectivity index (χ1) is 24.8. The molecule has 0 radical (unpaired) electrons. The van der Waals surface area contributed by atoms with Gasteiger partial charge in [-0.05, 0) is 69.8 Å². The van der Waals surface area contributed by atoms with Gasteiger partial charge in [-0.1, -0.05) is 133 Å². The van der Waals surface area contributed by atoms with E-state index in [0.29, 0.717) is 0 Å². The van der Waals surface area contributed by atoms with E-state index in [1.165, 1.54) is 111 Å². The van der Waals surface area contributed by atoms with Gasteiger partial charge in [-0.2, -0.15) is 0 Å². The smallest absolute Gasteiger partial charge is 0.0619 e. The quantitative estimate of drug-likeness (QED) is 0.170. The molecule has 0 aliphatic carbocycles. The van der Waals surface area contributed by atoms with Gasteiger partial charge in [0.2, 0.25) is 0 Å². The summed E-state index contributed by atoms with van der Waals surface area (Å²) < 4.78 is 4.98. The van der Waals surface area contributed by atoms with E-state index in [2.05, 4.69) is 179 Å². The summed E-state index contributed by atoms with van der Waals surface area (Å²) in [6, 6.07) is 63.2. The van der Waals surface area contributed by atoms with Gasteiger partial charge < -0.3 is 9.13 Å². The lowest BCUT2D eigenvalue weighted by atomic mass is 9.90. The van der Waals surface area contributed by atoms with Crippen LogP contribution >= 0.6 is 0 Å². The highest BCUT2D eigenvalue weighted by atomic mass is 15.0. The molecule has 10 aromatic rings. The van der Waals surface area contributed by atoms with Crippen molar-refractivity contribution in [2.24, 2.45) is 0 Å². The molecule has 0 atom stereocenters. The second-order valence-electron chi connectivity index (χ2n) is 13.7. The first-order valence-electron chi connectivity index (χ1n) is 17.4. The Bertz CT molecular complexity index is 2890. The predicted octanol–water partition coefficient (Wildman–Crippen LogP) is 12.8. The second kappa shape index (κ2) is 9.49. The van der Waals surface area contributed by atoms with E-state index in [-0.39, 0.29) is 0 Å². The summed E-state index contributed by atoms with van der Waals surface area (Å²) in [5.74, 6) is 0. The van der Waals surface area contributed by atoms with Gasteiger partial charge in [-0.3, -0.25) is 0 Å². The average molecular weight is 633 g/mol. The fourth-order valence-electron chi connectivity index (χ4n) is 9.13. The maximum atomic E-state index is 2.49. The maximum Gasteiger partial charge on any atom is 0.0619 e. The lowest BCUT2D eigenvalue weighted by molar-refractivity contribution is 1.19. The number of hydrogen-bond donors (Lipinski definition) is 0. The molecule has 0 bridgehead atoms. The Labute approximate surface area is 288 Å². The molecule has 4 heterocycles. The summed E-state index contributed by atoms with van der Waals surface area (Å²) in [6.45, 7) is 0. The highest BCUT2D eigenvalue weighted by Crippen LogP contribution is 2.50. The standard InChI is InChI=1S/C48H28N2/c1-3-13-33-31(11-1)37-17-9-19-39-35-15-5-7-21-43(35)49(47(37)39)45-25-23-29(27-41(33)45)30-24-26-46-42(28-30)34-14-4-2-12-32(34)38-18-10-20-40-36-16-6-8-22-44(36)50(46)48(38)40/h1-28H. The molecular weight excluding hydrogens is 605 g/mol. The zero-order valence-corrected chi connectivity index (χ0v) is 27.1. The molecule has 2 aliphatic rings. The van der Waals surface area contributed by atoms with E-state index in [4.69, 9.17) is 0 Å². The molecule has 0 fully saturated rings. The Morgan fingerprint density at radius 2 is 0.620 bits per heavy atom. The number of fused-ring (bicyclic) bond motifs is 16. The molecule has 0 saturated carbocycles. The summed E-state index contributed by atoms with van der Waals surface area (Å²) in [4.78, 5) is 0. The Morgan fingerprint density at radius 1 is 0.260 bits per heavy atom. The van der Waals surface area contributed by atoms with Gasteiger partial charge >= 0.3 is 0 Å². The van der Waals surface area contributed by atoms with Crippen molar-refractivity contribution in [2.75, 3.05) is 0 Å². The van der Waals surface area contributed by atoms with Gasteiger partial charge in [-0.25, -0.2) is 0 Å². The molecule has 2 aliphatic heterocycles. The van der Waals surface area contributed by atoms with Gasteiger partial charge in [0.25, 0.3) is 0 Å². The molecule has 230 valence electrons. The number of aromatic nitrogens is 2. The summed E-state index contributed by atoms with van der Waals surface area (Å²) in [5.41, 5.74) is 20.0. The van der Waals surface area contributed by atoms with Crippen molar-refractivity contribution in [3.63, 3.8) is 0 Å². The minimum Gasteiger partial charge on any atom is -0.308 e. The Kier molecular flexibility index (Phi) is 5.00. The number of para-hydroxylation sites is 4. The van der Waals surface area contributed by atoms with E-state index in [1.807, 2.05) is 0 Å². The summed E-state index contributed by atoms with van der Waals surface area (Å²) in [5, 5.41) is 5.16. The first-order valence-corrected chi connectivity index (χ1v) is 17.4. The lowest BCUT2D eigenvalue weighted by Crippen LogP contribution is -1.98. The molecule has 50 heavy (non-hydrogen) atoms. The van der Waals surface area contributed by atoms with Crippen LogP contribution in [0.1, 0.15) is 0 Å². The zero-order valence-electron chi connectivity index (χ0n) is 27.1. The molecule has 8 aromatic carbocycles. The molecule has 0 saturated heterocycles. The summed E-state index contributed by atoms with van der Waals surface area (Å²) >= 11 is 0. The molecule has 2 nitrogen and oxygen atoms in total. The van der Waals surface area contributed by atoms with Crippen molar-refractivity contribution in [2.45, 2.75) is 0 Å². The number of rotatable bonds is 1. The third kappa shape index (κ3) is 3.28. The Balaban J connectivity index is 1.14. The molecule has 12 rings (SSSR count). The normalized spacial score (nSPS) is 12.4. The van der Waals surface area contributed by atoms with Crippen LogP contribution in [0.5, 0.6) is 0 Å². The van der Waals surface area contributed by atoms with Gasteiger partial charge in [0, 0.05) is 43.8 Å². The van der Waals surface area contributed by atoms with Crippen LogP contribution in [0.4, 0.5) is 0 Å². The topological polar surface area (TPSA) is 9.86 Å². The van der Waals surface area contributed by atoms with E-state index in [9.17, 15) is 0 Å². The first kappa shape index (κ1) is 26.3. The minimum absolute atomic E-state index is 1.21. The van der Waals surface area contributed by atoms with Crippen LogP contribution in [0, 0.1) is 0 Å². The largest absolute Gasteiger partial charge is 0.308 e. The van der Waals surface area contributed by atoms with Crippen molar-refractivity contribution in [1.82, 2.24) is 9.13 Å². The Morgan fingerprint density at radius 3 is 1.08 bits per heavy atom. The second-order valence-corrected chi connectivity index (χ2v) is 13.7. The van der Waals surface area contributed by atoms with E-state index < -0.39 is 0 Å². The van der Waals surface area contributed by atoms with E-state index >= 15 is 0 Å². The molecule has 2 heteroatoms. The van der Waals surface area contributed by atoms with Gasteiger partial charge in [0.05, 0.1) is 33.4 Å². The highest BCUT2D eigenvalue weighted by Gasteiger charge is 2.26. The molecule has 0 spiro atoms. The molecule has 0 N–H and O–H groups in total. The van der Waals surface area contributed by atoms with E-state index in [0.717, 1.165) is 0 Å². The molecule has 0 unspecified atom stereocenters. The van der Waals surface area contributed by atoms with Crippen LogP contribution in [0.15, 0.2) is 170 Å². The van der Waals surface area contributed by atoms with Crippen molar-refractivity contribution in [1.29, 1.82) is 0 Å². The van der Waals surface area contributed by atoms with Crippen molar-refractivity contribution in [3.8, 4) is 67.0 Å². The van der Waals surface area contributed by atoms with Crippen LogP contribution in [-0.2, 0) is 0 Å². The molecule has 0 amide bonds. The van der Waals surface area contributed by atoms with Crippen LogP contribution < -0.4 is 0 Å². The Hall–Kier alpha value is -6.64. The van der Waals surface area contributed by atoms with Crippen LogP contribution in [0.3, 0.4) is 0 Å². The van der Waals surface area contributed by atoms with Crippen LogP contribution in [0.2, 0.25) is 0 Å². The highest BCUT2D eigenvalue weighted by molar-refractivity contribution is 6.18. The fraction of sp³-hybridized carbons (Fsp3) is 0. The van der Waals surface area contributed by atoms with Gasteiger partial charge in [0.15, 0.2) is 0 Å². The zero-order chi connectivity index (χ0) is 32.5. The minimum atomic E-state index is 1.21. The number of benzene rings is 8. The molecular formula is C48H28N2. The van der Waals surface area contributed by atoms with Crippen molar-refractivity contribution in [3.05, 3.63) is 170 Å². The monoisotopic (exact) mass is 632 g/mol. The van der Waals surface area contributed by atoms with Gasteiger partial charge in [-0.15, -0.1) is 0 Å². The van der Waals surface area contributed by atoms with Crippen LogP contribution in [0.25, 0.3) is 111 Å². The van der Waals surface area contributed by atoms with Crippen molar-refractivity contribution >= 4 is 43.6 Å². The van der Waals surface area contributed by atoms with Crippen LogP contribution in [-0.4, -0.2) is 9.13 Å². The summed E-state index contributed by atoms with van der Waals surface area (Å²) in [7, 11) is 0. The lowest BCUT2D eigenvalue weighted by Gasteiger charge is -2.17. The molecule has 2 aromatic heterocycles. The third-order valence-electron chi connectivity index (χ3n) is 11.2. The number of hydrogen-bond acceptors (Lipinski definition) is 0.